The number of nitrogens with zero attached hydrogens (tertiary/aromatic N) is 2. The van der Waals surface area contributed by atoms with Crippen molar-refractivity contribution in [1.82, 2.24) is 14.9 Å². The van der Waals surface area contributed by atoms with Crippen LogP contribution in [-0.4, -0.2) is 33.9 Å². The van der Waals surface area contributed by atoms with E-state index in [1.807, 2.05) is 17.0 Å². The first-order valence-electron chi connectivity index (χ1n) is 9.47. The van der Waals surface area contributed by atoms with Gasteiger partial charge in [0.05, 0.1) is 17.3 Å². The molecular formula is C21H23N3O2. The summed E-state index contributed by atoms with van der Waals surface area (Å²) in [7, 11) is 0. The summed E-state index contributed by atoms with van der Waals surface area (Å²) < 4.78 is 5.47. The molecule has 3 heterocycles. The van der Waals surface area contributed by atoms with Crippen LogP contribution in [0.15, 0.2) is 41.0 Å². The number of carbonyl (C=O) groups is 1. The van der Waals surface area contributed by atoms with Crippen LogP contribution in [0.4, 0.5) is 0 Å². The van der Waals surface area contributed by atoms with Crippen molar-refractivity contribution in [2.45, 2.75) is 38.0 Å². The van der Waals surface area contributed by atoms with Crippen LogP contribution in [-0.2, 0) is 4.79 Å². The number of nitrogens with one attached hydrogen (secondary N) is 1. The molecule has 0 unspecified atom stereocenters. The van der Waals surface area contributed by atoms with Crippen molar-refractivity contribution in [3.8, 4) is 0 Å². The molecule has 2 aliphatic rings. The van der Waals surface area contributed by atoms with Gasteiger partial charge in [0.15, 0.2) is 0 Å². The Labute approximate surface area is 152 Å². The summed E-state index contributed by atoms with van der Waals surface area (Å²) in [6, 6.07) is 10.2. The Bertz CT molecular complexity index is 943. The summed E-state index contributed by atoms with van der Waals surface area (Å²) in [6.07, 6.45) is 4.71. The van der Waals surface area contributed by atoms with Gasteiger partial charge in [0.1, 0.15) is 11.6 Å². The smallest absolute Gasteiger partial charge is 0.226 e. The van der Waals surface area contributed by atoms with Crippen LogP contribution in [0.5, 0.6) is 0 Å². The average molecular weight is 349 g/mol. The van der Waals surface area contributed by atoms with Crippen LogP contribution in [0.1, 0.15) is 48.2 Å². The fourth-order valence-electron chi connectivity index (χ4n) is 4.26. The van der Waals surface area contributed by atoms with Gasteiger partial charge in [0.25, 0.3) is 0 Å². The SMILES string of the molecule is Cc1ccc2nc([C@@H]3CCCN(C(=O)[C@H]4C[C@@H]4c4ccco4)C3)[nH]c2c1. The minimum atomic E-state index is 0.0956. The highest BCUT2D eigenvalue weighted by Gasteiger charge is 2.48. The topological polar surface area (TPSA) is 62.1 Å². The minimum Gasteiger partial charge on any atom is -0.469 e. The Balaban J connectivity index is 1.31. The lowest BCUT2D eigenvalue weighted by atomic mass is 9.97. The zero-order valence-electron chi connectivity index (χ0n) is 14.9. The van der Waals surface area contributed by atoms with E-state index in [2.05, 4.69) is 30.1 Å². The molecule has 26 heavy (non-hydrogen) atoms. The van der Waals surface area contributed by atoms with Crippen LogP contribution < -0.4 is 0 Å². The molecular weight excluding hydrogens is 326 g/mol. The lowest BCUT2D eigenvalue weighted by Gasteiger charge is -2.32. The fraction of sp³-hybridized carbons (Fsp3) is 0.429. The second kappa shape index (κ2) is 6.01. The van der Waals surface area contributed by atoms with Crippen molar-refractivity contribution in [1.29, 1.82) is 0 Å². The van der Waals surface area contributed by atoms with Gasteiger partial charge >= 0.3 is 0 Å². The number of benzene rings is 1. The van der Waals surface area contributed by atoms with Gasteiger partial charge in [-0.1, -0.05) is 6.07 Å². The molecule has 0 radical (unpaired) electrons. The zero-order valence-corrected chi connectivity index (χ0v) is 14.9. The molecule has 5 nitrogen and oxygen atoms in total. The number of furan rings is 1. The van der Waals surface area contributed by atoms with E-state index in [1.54, 1.807) is 6.26 Å². The van der Waals surface area contributed by atoms with Crippen molar-refractivity contribution in [3.63, 3.8) is 0 Å². The van der Waals surface area contributed by atoms with Crippen LogP contribution in [0.3, 0.4) is 0 Å². The molecule has 2 aromatic heterocycles. The number of aromatic nitrogens is 2. The normalized spacial score (nSPS) is 25.6. The maximum Gasteiger partial charge on any atom is 0.226 e. The van der Waals surface area contributed by atoms with E-state index in [0.717, 1.165) is 55.0 Å². The molecule has 0 spiro atoms. The highest BCUT2D eigenvalue weighted by molar-refractivity contribution is 5.83. The average Bonchev–Trinajstić information content (AvgIpc) is 3.07. The summed E-state index contributed by atoms with van der Waals surface area (Å²) in [5.74, 6) is 2.90. The van der Waals surface area contributed by atoms with Gasteiger partial charge in [-0.15, -0.1) is 0 Å². The number of fused-ring (bicyclic) bond motifs is 1. The molecule has 0 bridgehead atoms. The minimum absolute atomic E-state index is 0.0956. The summed E-state index contributed by atoms with van der Waals surface area (Å²) in [5.41, 5.74) is 3.32. The van der Waals surface area contributed by atoms with Crippen molar-refractivity contribution in [2.75, 3.05) is 13.1 Å². The predicted molar refractivity (Wildman–Crippen MR) is 98.9 cm³/mol. The molecule has 5 rings (SSSR count). The third-order valence-electron chi connectivity index (χ3n) is 5.79. The fourth-order valence-corrected chi connectivity index (χ4v) is 4.26. The summed E-state index contributed by atoms with van der Waals surface area (Å²) in [4.78, 5) is 23.2. The highest BCUT2D eigenvalue weighted by Crippen LogP contribution is 2.49. The number of piperidine rings is 1. The molecule has 1 N–H and O–H groups in total. The third kappa shape index (κ3) is 2.71. The standard InChI is InChI=1S/C21H23N3O2/c1-13-6-7-17-18(10-13)23-20(22-17)14-4-2-8-24(12-14)21(25)16-11-15(16)19-5-3-9-26-19/h3,5-7,9-10,14-16H,2,4,8,11-12H2,1H3,(H,22,23)/t14-,15+,16+/m1/s1. The molecule has 1 aliphatic carbocycles. The monoisotopic (exact) mass is 349 g/mol. The molecule has 1 aromatic carbocycles. The van der Waals surface area contributed by atoms with Gasteiger partial charge in [0.2, 0.25) is 5.91 Å². The number of imidazole rings is 1. The van der Waals surface area contributed by atoms with Crippen molar-refractivity contribution in [2.24, 2.45) is 5.92 Å². The van der Waals surface area contributed by atoms with Gasteiger partial charge in [-0.05, 0) is 56.0 Å². The number of amides is 1. The first-order chi connectivity index (χ1) is 12.7. The molecule has 1 aliphatic heterocycles. The number of rotatable bonds is 3. The zero-order chi connectivity index (χ0) is 17.7. The second-order valence-electron chi connectivity index (χ2n) is 7.73. The van der Waals surface area contributed by atoms with Gasteiger partial charge in [-0.2, -0.15) is 0 Å². The second-order valence-corrected chi connectivity index (χ2v) is 7.73. The molecule has 2 fully saturated rings. The van der Waals surface area contributed by atoms with E-state index in [-0.39, 0.29) is 17.7 Å². The Kier molecular flexibility index (Phi) is 3.62. The van der Waals surface area contributed by atoms with Gasteiger partial charge in [0, 0.05) is 30.8 Å². The number of hydrogen-bond acceptors (Lipinski definition) is 3. The molecule has 134 valence electrons. The first-order valence-corrected chi connectivity index (χ1v) is 9.47. The number of likely N-dealkylation sites (tertiary alicyclic amines) is 1. The summed E-state index contributed by atoms with van der Waals surface area (Å²) >= 11 is 0. The van der Waals surface area contributed by atoms with E-state index >= 15 is 0 Å². The summed E-state index contributed by atoms with van der Waals surface area (Å²) in [6.45, 7) is 3.71. The van der Waals surface area contributed by atoms with Crippen LogP contribution in [0.2, 0.25) is 0 Å². The quantitative estimate of drug-likeness (QED) is 0.778. The number of aromatic amines is 1. The predicted octanol–water partition coefficient (Wildman–Crippen LogP) is 3.97. The molecule has 3 atom stereocenters. The largest absolute Gasteiger partial charge is 0.469 e. The van der Waals surface area contributed by atoms with Crippen LogP contribution in [0, 0.1) is 12.8 Å². The molecule has 1 amide bonds. The molecule has 1 saturated carbocycles. The van der Waals surface area contributed by atoms with Crippen molar-refractivity contribution >= 4 is 16.9 Å². The molecule has 1 saturated heterocycles. The Morgan fingerprint density at radius 2 is 2.27 bits per heavy atom. The number of hydrogen-bond donors (Lipinski definition) is 1. The first kappa shape index (κ1) is 15.7. The molecule has 3 aromatic rings. The van der Waals surface area contributed by atoms with Crippen molar-refractivity contribution < 1.29 is 9.21 Å². The van der Waals surface area contributed by atoms with Gasteiger partial charge in [-0.3, -0.25) is 4.79 Å². The Hall–Kier alpha value is -2.56. The van der Waals surface area contributed by atoms with E-state index < -0.39 is 0 Å². The van der Waals surface area contributed by atoms with E-state index in [4.69, 9.17) is 9.40 Å². The third-order valence-corrected chi connectivity index (χ3v) is 5.79. The maximum atomic E-state index is 12.9. The lowest BCUT2D eigenvalue weighted by molar-refractivity contribution is -0.134. The summed E-state index contributed by atoms with van der Waals surface area (Å²) in [5, 5.41) is 0. The Morgan fingerprint density at radius 1 is 1.35 bits per heavy atom. The number of carbonyl (C=O) groups excluding carboxylic acids is 1. The van der Waals surface area contributed by atoms with Gasteiger partial charge < -0.3 is 14.3 Å². The number of aryl methyl sites for hydroxylation is 1. The highest BCUT2D eigenvalue weighted by atomic mass is 16.3. The number of H-pyrrole nitrogens is 1. The van der Waals surface area contributed by atoms with Crippen molar-refractivity contribution in [3.05, 3.63) is 53.7 Å². The van der Waals surface area contributed by atoms with Crippen LogP contribution >= 0.6 is 0 Å². The van der Waals surface area contributed by atoms with E-state index in [9.17, 15) is 4.79 Å². The molecule has 5 heteroatoms. The van der Waals surface area contributed by atoms with Crippen LogP contribution in [0.25, 0.3) is 11.0 Å². The van der Waals surface area contributed by atoms with E-state index in [1.165, 1.54) is 5.56 Å². The lowest BCUT2D eigenvalue weighted by Crippen LogP contribution is -2.40. The maximum absolute atomic E-state index is 12.9. The van der Waals surface area contributed by atoms with Gasteiger partial charge in [-0.25, -0.2) is 4.98 Å². The Morgan fingerprint density at radius 3 is 3.12 bits per heavy atom. The van der Waals surface area contributed by atoms with E-state index in [0.29, 0.717) is 5.92 Å².